The van der Waals surface area contributed by atoms with E-state index in [2.05, 4.69) is 37.9 Å². The molecule has 2 aliphatic rings. The zero-order valence-electron chi connectivity index (χ0n) is 13.7. The molecule has 0 radical (unpaired) electrons. The summed E-state index contributed by atoms with van der Waals surface area (Å²) in [6.07, 6.45) is 0.969. The third-order valence-electron chi connectivity index (χ3n) is 4.44. The number of rotatable bonds is 2. The third-order valence-corrected chi connectivity index (χ3v) is 4.44. The van der Waals surface area contributed by atoms with Crippen molar-refractivity contribution in [3.8, 4) is 0 Å². The molecule has 1 N–H and O–H groups in total. The Morgan fingerprint density at radius 2 is 1.95 bits per heavy atom. The molecule has 2 fully saturated rings. The molecule has 0 aromatic rings. The van der Waals surface area contributed by atoms with E-state index in [4.69, 9.17) is 4.74 Å². The first-order valence-electron chi connectivity index (χ1n) is 7.52. The van der Waals surface area contributed by atoms with Crippen LogP contribution in [-0.4, -0.2) is 72.7 Å². The van der Waals surface area contributed by atoms with E-state index in [0.717, 1.165) is 26.1 Å². The largest absolute Gasteiger partial charge is 0.368 e. The van der Waals surface area contributed by atoms with E-state index < -0.39 is 0 Å². The number of hydrogen-bond donors (Lipinski definition) is 1. The summed E-state index contributed by atoms with van der Waals surface area (Å²) in [6, 6.07) is 0.203. The Kier molecular flexibility index (Phi) is 4.15. The van der Waals surface area contributed by atoms with Gasteiger partial charge in [0.25, 0.3) is 0 Å². The van der Waals surface area contributed by atoms with Crippen LogP contribution in [0, 0.1) is 0 Å². The fraction of sp³-hybridized carbons (Fsp3) is 0.933. The van der Waals surface area contributed by atoms with Gasteiger partial charge in [-0.25, -0.2) is 0 Å². The van der Waals surface area contributed by atoms with Gasteiger partial charge in [0.2, 0.25) is 5.91 Å². The average molecular weight is 283 g/mol. The lowest BCUT2D eigenvalue weighted by atomic mass is 9.91. The predicted octanol–water partition coefficient (Wildman–Crippen LogP) is 0.695. The number of carbonyl (C=O) groups is 1. The number of amides is 1. The highest BCUT2D eigenvalue weighted by molar-refractivity contribution is 5.81. The summed E-state index contributed by atoms with van der Waals surface area (Å²) in [7, 11) is 3.66. The van der Waals surface area contributed by atoms with Crippen LogP contribution in [0.15, 0.2) is 0 Å². The Balaban J connectivity index is 2.22. The Labute approximate surface area is 122 Å². The summed E-state index contributed by atoms with van der Waals surface area (Å²) in [6.45, 7) is 11.1. The standard InChI is InChI=1S/C15H29N3O2/c1-14(2)9-12(15(3,4)20-14)18-8-7-16-10-11(18)13(19)17(5)6/h11-12,16H,7-10H2,1-6H3. The summed E-state index contributed by atoms with van der Waals surface area (Å²) < 4.78 is 6.20. The summed E-state index contributed by atoms with van der Waals surface area (Å²) in [5.74, 6) is 0.178. The van der Waals surface area contributed by atoms with Crippen molar-refractivity contribution in [1.29, 1.82) is 0 Å². The monoisotopic (exact) mass is 283 g/mol. The van der Waals surface area contributed by atoms with Crippen LogP contribution < -0.4 is 5.32 Å². The van der Waals surface area contributed by atoms with Crippen molar-refractivity contribution in [2.75, 3.05) is 33.7 Å². The van der Waals surface area contributed by atoms with Crippen LogP contribution in [0.25, 0.3) is 0 Å². The van der Waals surface area contributed by atoms with E-state index in [-0.39, 0.29) is 29.2 Å². The molecule has 2 unspecified atom stereocenters. The topological polar surface area (TPSA) is 44.8 Å². The number of hydrogen-bond acceptors (Lipinski definition) is 4. The maximum absolute atomic E-state index is 12.4. The molecule has 0 saturated carbocycles. The number of ether oxygens (including phenoxy) is 1. The highest BCUT2D eigenvalue weighted by Gasteiger charge is 2.51. The van der Waals surface area contributed by atoms with Crippen LogP contribution in [0.5, 0.6) is 0 Å². The van der Waals surface area contributed by atoms with Crippen LogP contribution in [-0.2, 0) is 9.53 Å². The zero-order valence-corrected chi connectivity index (χ0v) is 13.7. The third kappa shape index (κ3) is 3.00. The Bertz CT molecular complexity index is 379. The van der Waals surface area contributed by atoms with Gasteiger partial charge < -0.3 is 15.0 Å². The second-order valence-electron chi connectivity index (χ2n) is 7.38. The van der Waals surface area contributed by atoms with E-state index in [1.165, 1.54) is 0 Å². The van der Waals surface area contributed by atoms with Gasteiger partial charge in [-0.2, -0.15) is 0 Å². The number of likely N-dealkylation sites (N-methyl/N-ethyl adjacent to an activating group) is 1. The minimum atomic E-state index is -0.217. The van der Waals surface area contributed by atoms with Crippen molar-refractivity contribution in [2.24, 2.45) is 0 Å². The van der Waals surface area contributed by atoms with Crippen LogP contribution in [0.2, 0.25) is 0 Å². The molecule has 0 aliphatic carbocycles. The van der Waals surface area contributed by atoms with Crippen LogP contribution >= 0.6 is 0 Å². The van der Waals surface area contributed by atoms with Crippen molar-refractivity contribution >= 4 is 5.91 Å². The first kappa shape index (κ1) is 15.7. The van der Waals surface area contributed by atoms with E-state index >= 15 is 0 Å². The average Bonchev–Trinajstić information content (AvgIpc) is 2.56. The number of nitrogens with zero attached hydrogens (tertiary/aromatic N) is 2. The molecule has 116 valence electrons. The molecule has 2 atom stereocenters. The molecule has 20 heavy (non-hydrogen) atoms. The van der Waals surface area contributed by atoms with Gasteiger partial charge in [-0.1, -0.05) is 0 Å². The molecule has 2 saturated heterocycles. The maximum atomic E-state index is 12.4. The van der Waals surface area contributed by atoms with Gasteiger partial charge in [0.1, 0.15) is 6.04 Å². The smallest absolute Gasteiger partial charge is 0.240 e. The minimum Gasteiger partial charge on any atom is -0.368 e. The highest BCUT2D eigenvalue weighted by atomic mass is 16.5. The molecule has 0 aromatic heterocycles. The van der Waals surface area contributed by atoms with Gasteiger partial charge in [-0.3, -0.25) is 9.69 Å². The summed E-state index contributed by atoms with van der Waals surface area (Å²) in [5, 5.41) is 3.34. The van der Waals surface area contributed by atoms with E-state index in [9.17, 15) is 4.79 Å². The van der Waals surface area contributed by atoms with Gasteiger partial charge in [-0.05, 0) is 34.1 Å². The molecule has 5 heteroatoms. The minimum absolute atomic E-state index is 0.0828. The van der Waals surface area contributed by atoms with Crippen molar-refractivity contribution in [3.63, 3.8) is 0 Å². The number of piperazine rings is 1. The molecule has 0 bridgehead atoms. The van der Waals surface area contributed by atoms with Gasteiger partial charge in [0.15, 0.2) is 0 Å². The van der Waals surface area contributed by atoms with Crippen LogP contribution in [0.3, 0.4) is 0 Å². The number of nitrogens with one attached hydrogen (secondary N) is 1. The van der Waals surface area contributed by atoms with Gasteiger partial charge in [0.05, 0.1) is 11.2 Å². The SMILES string of the molecule is CN(C)C(=O)C1CNCCN1C1CC(C)(C)OC1(C)C. The molecule has 5 nitrogen and oxygen atoms in total. The summed E-state index contributed by atoms with van der Waals surface area (Å²) >= 11 is 0. The van der Waals surface area contributed by atoms with Crippen molar-refractivity contribution < 1.29 is 9.53 Å². The van der Waals surface area contributed by atoms with E-state index in [1.54, 1.807) is 4.90 Å². The Morgan fingerprint density at radius 3 is 2.45 bits per heavy atom. The summed E-state index contributed by atoms with van der Waals surface area (Å²) in [5.41, 5.74) is -0.337. The van der Waals surface area contributed by atoms with Crippen LogP contribution in [0.4, 0.5) is 0 Å². The highest BCUT2D eigenvalue weighted by Crippen LogP contribution is 2.41. The van der Waals surface area contributed by atoms with E-state index in [1.807, 2.05) is 14.1 Å². The molecule has 2 aliphatic heterocycles. The molecule has 2 rings (SSSR count). The second kappa shape index (κ2) is 5.28. The molecular weight excluding hydrogens is 254 g/mol. The molecule has 0 spiro atoms. The van der Waals surface area contributed by atoms with Gasteiger partial charge >= 0.3 is 0 Å². The fourth-order valence-corrected chi connectivity index (χ4v) is 3.67. The Hall–Kier alpha value is -0.650. The fourth-order valence-electron chi connectivity index (χ4n) is 3.67. The lowest BCUT2D eigenvalue weighted by Gasteiger charge is -2.43. The number of carbonyl (C=O) groups excluding carboxylic acids is 1. The van der Waals surface area contributed by atoms with E-state index in [0.29, 0.717) is 0 Å². The quantitative estimate of drug-likeness (QED) is 0.810. The molecular formula is C15H29N3O2. The summed E-state index contributed by atoms with van der Waals surface area (Å²) in [4.78, 5) is 16.5. The first-order valence-corrected chi connectivity index (χ1v) is 7.52. The zero-order chi connectivity index (χ0) is 15.1. The van der Waals surface area contributed by atoms with Crippen LogP contribution in [0.1, 0.15) is 34.1 Å². The van der Waals surface area contributed by atoms with Crippen molar-refractivity contribution in [3.05, 3.63) is 0 Å². The van der Waals surface area contributed by atoms with Crippen molar-refractivity contribution in [2.45, 2.75) is 57.4 Å². The second-order valence-corrected chi connectivity index (χ2v) is 7.38. The maximum Gasteiger partial charge on any atom is 0.240 e. The lowest BCUT2D eigenvalue weighted by Crippen LogP contribution is -2.63. The van der Waals surface area contributed by atoms with Gasteiger partial charge in [0, 0.05) is 39.8 Å². The van der Waals surface area contributed by atoms with Gasteiger partial charge in [-0.15, -0.1) is 0 Å². The molecule has 1 amide bonds. The molecule has 2 heterocycles. The first-order chi connectivity index (χ1) is 9.14. The predicted molar refractivity (Wildman–Crippen MR) is 79.7 cm³/mol. The normalized spacial score (nSPS) is 33.1. The lowest BCUT2D eigenvalue weighted by molar-refractivity contribution is -0.138. The molecule has 0 aromatic carbocycles. The van der Waals surface area contributed by atoms with Crippen molar-refractivity contribution in [1.82, 2.24) is 15.1 Å². The Morgan fingerprint density at radius 1 is 1.30 bits per heavy atom.